The number of nitrogens with zero attached hydrogens (tertiary/aromatic N) is 1. The Labute approximate surface area is 133 Å². The Hall–Kier alpha value is -2.21. The number of anilines is 2. The van der Waals surface area contributed by atoms with Crippen molar-refractivity contribution in [3.8, 4) is 5.75 Å². The highest BCUT2D eigenvalue weighted by molar-refractivity contribution is 6.32. The molecule has 118 valence electrons. The maximum atomic E-state index is 12.3. The third-order valence-electron chi connectivity index (χ3n) is 3.10. The van der Waals surface area contributed by atoms with Gasteiger partial charge < -0.3 is 19.9 Å². The summed E-state index contributed by atoms with van der Waals surface area (Å²) in [5.74, 6) is 1.43. The fourth-order valence-electron chi connectivity index (χ4n) is 1.95. The quantitative estimate of drug-likeness (QED) is 0.851. The molecule has 22 heavy (non-hydrogen) atoms. The predicted octanol–water partition coefficient (Wildman–Crippen LogP) is 3.47. The van der Waals surface area contributed by atoms with E-state index in [1.807, 2.05) is 6.92 Å². The molecule has 0 saturated carbocycles. The normalized spacial score (nSPS) is 11.8. The molecule has 0 aliphatic carbocycles. The van der Waals surface area contributed by atoms with Crippen LogP contribution in [0, 0.1) is 6.92 Å². The van der Waals surface area contributed by atoms with E-state index in [-0.39, 0.29) is 5.91 Å². The lowest BCUT2D eigenvalue weighted by molar-refractivity contribution is -0.117. The van der Waals surface area contributed by atoms with Crippen molar-refractivity contribution in [2.75, 3.05) is 17.7 Å². The number of aryl methyl sites for hydroxylation is 1. The molecule has 2 N–H and O–H groups in total. The summed E-state index contributed by atoms with van der Waals surface area (Å²) in [7, 11) is 1.55. The fourth-order valence-corrected chi connectivity index (χ4v) is 2.21. The molecule has 0 unspecified atom stereocenters. The molecule has 1 atom stereocenters. The largest absolute Gasteiger partial charge is 0.495 e. The van der Waals surface area contributed by atoms with Gasteiger partial charge in [0.2, 0.25) is 5.91 Å². The summed E-state index contributed by atoms with van der Waals surface area (Å²) in [6, 6.07) is 6.52. The lowest BCUT2D eigenvalue weighted by Gasteiger charge is -2.17. The third kappa shape index (κ3) is 3.92. The molecular weight excluding hydrogens is 306 g/mol. The second kappa shape index (κ2) is 7.17. The van der Waals surface area contributed by atoms with E-state index < -0.39 is 6.04 Å². The van der Waals surface area contributed by atoms with Crippen LogP contribution in [0.2, 0.25) is 5.02 Å². The van der Waals surface area contributed by atoms with Crippen LogP contribution in [0.4, 0.5) is 11.5 Å². The minimum atomic E-state index is -0.415. The van der Waals surface area contributed by atoms with E-state index in [0.717, 1.165) is 5.69 Å². The van der Waals surface area contributed by atoms with Crippen molar-refractivity contribution >= 4 is 29.0 Å². The molecule has 0 fully saturated rings. The summed E-state index contributed by atoms with van der Waals surface area (Å²) >= 11 is 6.08. The first kappa shape index (κ1) is 16.2. The van der Waals surface area contributed by atoms with Gasteiger partial charge in [0.25, 0.3) is 0 Å². The van der Waals surface area contributed by atoms with Gasteiger partial charge in [-0.15, -0.1) is 0 Å². The lowest BCUT2D eigenvalue weighted by Crippen LogP contribution is -2.34. The summed E-state index contributed by atoms with van der Waals surface area (Å²) < 4.78 is 10.0. The van der Waals surface area contributed by atoms with Crippen molar-refractivity contribution in [3.05, 3.63) is 35.0 Å². The van der Waals surface area contributed by atoms with Crippen LogP contribution in [0.15, 0.2) is 28.8 Å². The van der Waals surface area contributed by atoms with Crippen LogP contribution in [0.3, 0.4) is 0 Å². The smallest absolute Gasteiger partial charge is 0.248 e. The van der Waals surface area contributed by atoms with Gasteiger partial charge in [-0.25, -0.2) is 0 Å². The Morgan fingerprint density at radius 1 is 1.45 bits per heavy atom. The maximum Gasteiger partial charge on any atom is 0.248 e. The standard InChI is InChI=1S/C15H18ClN3O3/c1-4-12(15(20)18-14-7-9(2)22-19-14)17-10-5-6-13(21-3)11(16)8-10/h5-8,12,17H,4H2,1-3H3,(H,18,19,20)/t12-/m1/s1. The molecule has 0 aliphatic heterocycles. The van der Waals surface area contributed by atoms with Gasteiger partial charge in [-0.05, 0) is 31.5 Å². The first-order chi connectivity index (χ1) is 10.5. The molecule has 6 nitrogen and oxygen atoms in total. The lowest BCUT2D eigenvalue weighted by atomic mass is 10.2. The van der Waals surface area contributed by atoms with Crippen LogP contribution in [-0.4, -0.2) is 24.2 Å². The third-order valence-corrected chi connectivity index (χ3v) is 3.39. The number of ether oxygens (including phenoxy) is 1. The molecule has 0 aliphatic rings. The first-order valence-electron chi connectivity index (χ1n) is 6.87. The van der Waals surface area contributed by atoms with Crippen LogP contribution in [0.1, 0.15) is 19.1 Å². The van der Waals surface area contributed by atoms with E-state index in [0.29, 0.717) is 28.8 Å². The van der Waals surface area contributed by atoms with Crippen LogP contribution in [0.25, 0.3) is 0 Å². The van der Waals surface area contributed by atoms with Gasteiger partial charge >= 0.3 is 0 Å². The second-order valence-electron chi connectivity index (χ2n) is 4.77. The molecule has 0 bridgehead atoms. The summed E-state index contributed by atoms with van der Waals surface area (Å²) in [6.07, 6.45) is 0.603. The van der Waals surface area contributed by atoms with Gasteiger partial charge in [0, 0.05) is 11.8 Å². The van der Waals surface area contributed by atoms with Crippen molar-refractivity contribution in [1.82, 2.24) is 5.16 Å². The number of carbonyl (C=O) groups excluding carboxylic acids is 1. The average molecular weight is 324 g/mol. The topological polar surface area (TPSA) is 76.4 Å². The van der Waals surface area contributed by atoms with Gasteiger partial charge in [0.05, 0.1) is 12.1 Å². The molecule has 1 amide bonds. The second-order valence-corrected chi connectivity index (χ2v) is 5.17. The maximum absolute atomic E-state index is 12.3. The monoisotopic (exact) mass is 323 g/mol. The fraction of sp³-hybridized carbons (Fsp3) is 0.333. The summed E-state index contributed by atoms with van der Waals surface area (Å²) in [4.78, 5) is 12.3. The molecule has 0 spiro atoms. The number of methoxy groups -OCH3 is 1. The number of carbonyl (C=O) groups is 1. The number of aromatic nitrogens is 1. The average Bonchev–Trinajstić information content (AvgIpc) is 2.90. The van der Waals surface area contributed by atoms with E-state index in [4.69, 9.17) is 20.9 Å². The van der Waals surface area contributed by atoms with Crippen LogP contribution in [-0.2, 0) is 4.79 Å². The molecule has 1 aromatic heterocycles. The Bertz CT molecular complexity index is 657. The first-order valence-corrected chi connectivity index (χ1v) is 7.25. The van der Waals surface area contributed by atoms with Gasteiger partial charge in [-0.3, -0.25) is 4.79 Å². The van der Waals surface area contributed by atoms with Crippen molar-refractivity contribution < 1.29 is 14.1 Å². The molecule has 7 heteroatoms. The van der Waals surface area contributed by atoms with E-state index >= 15 is 0 Å². The molecule has 1 aromatic carbocycles. The van der Waals surface area contributed by atoms with Gasteiger partial charge in [-0.2, -0.15) is 0 Å². The number of nitrogens with one attached hydrogen (secondary N) is 2. The Morgan fingerprint density at radius 2 is 2.23 bits per heavy atom. The molecule has 0 saturated heterocycles. The molecule has 0 radical (unpaired) electrons. The van der Waals surface area contributed by atoms with Gasteiger partial charge in [0.15, 0.2) is 5.82 Å². The zero-order valence-electron chi connectivity index (χ0n) is 12.6. The number of amides is 1. The predicted molar refractivity (Wildman–Crippen MR) is 85.6 cm³/mol. The zero-order valence-corrected chi connectivity index (χ0v) is 13.4. The molecule has 2 aromatic rings. The SMILES string of the molecule is CC[C@@H](Nc1ccc(OC)c(Cl)c1)C(=O)Nc1cc(C)on1. The number of benzene rings is 1. The van der Waals surface area contributed by atoms with E-state index in [1.165, 1.54) is 0 Å². The summed E-state index contributed by atoms with van der Waals surface area (Å²) in [5.41, 5.74) is 0.740. The van der Waals surface area contributed by atoms with E-state index in [9.17, 15) is 4.79 Å². The molecule has 1 heterocycles. The van der Waals surface area contributed by atoms with Crippen molar-refractivity contribution in [1.29, 1.82) is 0 Å². The van der Waals surface area contributed by atoms with E-state index in [2.05, 4.69) is 15.8 Å². The zero-order chi connectivity index (χ0) is 16.1. The van der Waals surface area contributed by atoms with Crippen molar-refractivity contribution in [2.24, 2.45) is 0 Å². The Balaban J connectivity index is 2.04. The van der Waals surface area contributed by atoms with E-state index in [1.54, 1.807) is 38.3 Å². The minimum Gasteiger partial charge on any atom is -0.495 e. The Morgan fingerprint density at radius 3 is 2.77 bits per heavy atom. The van der Waals surface area contributed by atoms with Crippen LogP contribution >= 0.6 is 11.6 Å². The number of hydrogen-bond acceptors (Lipinski definition) is 5. The van der Waals surface area contributed by atoms with Crippen LogP contribution < -0.4 is 15.4 Å². The van der Waals surface area contributed by atoms with Crippen molar-refractivity contribution in [2.45, 2.75) is 26.3 Å². The summed E-state index contributed by atoms with van der Waals surface area (Å²) in [6.45, 7) is 3.67. The molecular formula is C15H18ClN3O3. The van der Waals surface area contributed by atoms with Gasteiger partial charge in [0.1, 0.15) is 17.6 Å². The molecule has 2 rings (SSSR count). The van der Waals surface area contributed by atoms with Crippen LogP contribution in [0.5, 0.6) is 5.75 Å². The van der Waals surface area contributed by atoms with Gasteiger partial charge in [-0.1, -0.05) is 23.7 Å². The highest BCUT2D eigenvalue weighted by atomic mass is 35.5. The number of hydrogen-bond donors (Lipinski definition) is 2. The van der Waals surface area contributed by atoms with Crippen molar-refractivity contribution in [3.63, 3.8) is 0 Å². The Kier molecular flexibility index (Phi) is 5.27. The highest BCUT2D eigenvalue weighted by Crippen LogP contribution is 2.27. The number of halogens is 1. The highest BCUT2D eigenvalue weighted by Gasteiger charge is 2.18. The minimum absolute atomic E-state index is 0.192. The summed E-state index contributed by atoms with van der Waals surface area (Å²) in [5, 5.41) is 10.1. The number of rotatable bonds is 6.